The number of carbonyl (C=O) groups excluding carboxylic acids is 1. The second-order valence-electron chi connectivity index (χ2n) is 8.72. The first-order valence-corrected chi connectivity index (χ1v) is 11.9. The number of rotatable bonds is 7. The number of benzene rings is 3. The maximum absolute atomic E-state index is 13.1. The van der Waals surface area contributed by atoms with Gasteiger partial charge in [0.15, 0.2) is 0 Å². The fourth-order valence-corrected chi connectivity index (χ4v) is 4.15. The van der Waals surface area contributed by atoms with Crippen molar-refractivity contribution in [3.63, 3.8) is 0 Å². The number of aliphatic hydroxyl groups is 1. The number of halogens is 3. The van der Waals surface area contributed by atoms with E-state index in [1.165, 1.54) is 12.3 Å². The van der Waals surface area contributed by atoms with Gasteiger partial charge in [0.05, 0.1) is 34.1 Å². The summed E-state index contributed by atoms with van der Waals surface area (Å²) in [6.45, 7) is 0.124. The minimum absolute atomic E-state index is 0.124. The second-order valence-corrected chi connectivity index (χ2v) is 8.72. The molecule has 8 nitrogen and oxygen atoms in total. The van der Waals surface area contributed by atoms with E-state index in [1.807, 2.05) is 18.2 Å². The van der Waals surface area contributed by atoms with Crippen molar-refractivity contribution < 1.29 is 23.1 Å². The summed E-state index contributed by atoms with van der Waals surface area (Å²) in [7, 11) is 0. The van der Waals surface area contributed by atoms with Gasteiger partial charge in [0.25, 0.3) is 11.5 Å². The van der Waals surface area contributed by atoms with E-state index in [-0.39, 0.29) is 29.2 Å². The first-order chi connectivity index (χ1) is 18.7. The number of nitrogens with zero attached hydrogens (tertiary/aromatic N) is 1. The lowest BCUT2D eigenvalue weighted by atomic mass is 10.1. The van der Waals surface area contributed by atoms with Crippen LogP contribution in [0.5, 0.6) is 0 Å². The zero-order valence-electron chi connectivity index (χ0n) is 20.2. The maximum atomic E-state index is 13.1. The van der Waals surface area contributed by atoms with Crippen LogP contribution in [0.3, 0.4) is 0 Å². The van der Waals surface area contributed by atoms with Crippen molar-refractivity contribution in [1.29, 1.82) is 0 Å². The number of pyridine rings is 1. The maximum Gasteiger partial charge on any atom is 0.416 e. The molecule has 5 N–H and O–H groups in total. The van der Waals surface area contributed by atoms with Gasteiger partial charge >= 0.3 is 6.18 Å². The van der Waals surface area contributed by atoms with Crippen LogP contribution in [0.4, 0.5) is 24.5 Å². The molecule has 0 saturated heterocycles. The Morgan fingerprint density at radius 2 is 1.74 bits per heavy atom. The van der Waals surface area contributed by atoms with Crippen LogP contribution in [0.15, 0.2) is 89.9 Å². The van der Waals surface area contributed by atoms with Crippen LogP contribution in [0.1, 0.15) is 27.6 Å². The monoisotopic (exact) mass is 533 g/mol. The van der Waals surface area contributed by atoms with Crippen LogP contribution in [0.25, 0.3) is 22.4 Å². The van der Waals surface area contributed by atoms with Gasteiger partial charge in [-0.15, -0.1) is 0 Å². The number of H-pyrrole nitrogens is 2. The molecule has 0 fully saturated rings. The van der Waals surface area contributed by atoms with Gasteiger partial charge in [0.2, 0.25) is 0 Å². The quantitative estimate of drug-likeness (QED) is 0.193. The lowest BCUT2D eigenvalue weighted by molar-refractivity contribution is -0.137. The molecule has 0 aliphatic carbocycles. The molecule has 0 aliphatic rings. The molecule has 11 heteroatoms. The molecule has 0 aliphatic heterocycles. The molecule has 2 heterocycles. The highest BCUT2D eigenvalue weighted by Gasteiger charge is 2.31. The number of fused-ring (bicyclic) bond motifs is 1. The van der Waals surface area contributed by atoms with E-state index in [1.54, 1.807) is 36.4 Å². The number of aromatic amines is 2. The van der Waals surface area contributed by atoms with E-state index in [4.69, 9.17) is 0 Å². The van der Waals surface area contributed by atoms with Crippen LogP contribution >= 0.6 is 0 Å². The molecule has 0 spiro atoms. The Kier molecular flexibility index (Phi) is 6.90. The molecule has 0 radical (unpaired) electrons. The molecule has 5 aromatic rings. The first kappa shape index (κ1) is 25.7. The van der Waals surface area contributed by atoms with Crippen LogP contribution in [-0.4, -0.2) is 32.5 Å². The Hall–Kier alpha value is -4.90. The SMILES string of the molecule is O=C(Nc1cccc2nc(-c3c(NCC(O)c4ccccc4)cc[nH]c3=O)[nH]c12)c1cccc(C(F)(F)F)c1. The number of imidazole rings is 1. The summed E-state index contributed by atoms with van der Waals surface area (Å²) >= 11 is 0. The van der Waals surface area contributed by atoms with Gasteiger partial charge in [0.1, 0.15) is 11.4 Å². The zero-order chi connectivity index (χ0) is 27.6. The molecular formula is C28H22F3N5O3. The summed E-state index contributed by atoms with van der Waals surface area (Å²) in [5, 5.41) is 16.2. The molecule has 0 saturated carbocycles. The lowest BCUT2D eigenvalue weighted by Gasteiger charge is -2.14. The predicted molar refractivity (Wildman–Crippen MR) is 141 cm³/mol. The molecule has 2 aromatic heterocycles. The van der Waals surface area contributed by atoms with Gasteiger partial charge in [-0.3, -0.25) is 9.59 Å². The Morgan fingerprint density at radius 1 is 0.974 bits per heavy atom. The largest absolute Gasteiger partial charge is 0.416 e. The summed E-state index contributed by atoms with van der Waals surface area (Å²) in [6.07, 6.45) is -3.95. The summed E-state index contributed by atoms with van der Waals surface area (Å²) < 4.78 is 39.3. The van der Waals surface area contributed by atoms with E-state index in [0.29, 0.717) is 22.3 Å². The van der Waals surface area contributed by atoms with E-state index >= 15 is 0 Å². The Labute approximate surface area is 219 Å². The smallest absolute Gasteiger partial charge is 0.387 e. The first-order valence-electron chi connectivity index (χ1n) is 11.9. The van der Waals surface area contributed by atoms with Crippen LogP contribution < -0.4 is 16.2 Å². The van der Waals surface area contributed by atoms with Crippen LogP contribution in [0.2, 0.25) is 0 Å². The molecule has 198 valence electrons. The van der Waals surface area contributed by atoms with Crippen LogP contribution in [-0.2, 0) is 6.18 Å². The summed E-state index contributed by atoms with van der Waals surface area (Å²) in [4.78, 5) is 35.8. The normalized spacial score (nSPS) is 12.3. The number of para-hydroxylation sites is 1. The zero-order valence-corrected chi connectivity index (χ0v) is 20.2. The third kappa shape index (κ3) is 5.53. The van der Waals surface area contributed by atoms with Gasteiger partial charge < -0.3 is 25.7 Å². The molecule has 1 atom stereocenters. The average Bonchev–Trinajstić information content (AvgIpc) is 3.36. The highest BCUT2D eigenvalue weighted by molar-refractivity contribution is 6.08. The Morgan fingerprint density at radius 3 is 2.51 bits per heavy atom. The van der Waals surface area contributed by atoms with Crippen molar-refractivity contribution in [1.82, 2.24) is 15.0 Å². The van der Waals surface area contributed by atoms with Crippen LogP contribution in [0, 0.1) is 0 Å². The third-order valence-corrected chi connectivity index (χ3v) is 6.09. The van der Waals surface area contributed by atoms with Crippen molar-refractivity contribution in [2.45, 2.75) is 12.3 Å². The summed E-state index contributed by atoms with van der Waals surface area (Å²) in [6, 6.07) is 19.7. The van der Waals surface area contributed by atoms with Crippen molar-refractivity contribution in [2.24, 2.45) is 0 Å². The van der Waals surface area contributed by atoms with Gasteiger partial charge in [-0.1, -0.05) is 42.5 Å². The number of nitrogens with one attached hydrogen (secondary N) is 4. The minimum atomic E-state index is -4.58. The van der Waals surface area contributed by atoms with E-state index in [0.717, 1.165) is 18.2 Å². The Bertz CT molecular complexity index is 1700. The molecule has 1 unspecified atom stereocenters. The molecule has 3 aromatic carbocycles. The minimum Gasteiger partial charge on any atom is -0.387 e. The van der Waals surface area contributed by atoms with Gasteiger partial charge in [0, 0.05) is 18.3 Å². The molecule has 1 amide bonds. The fraction of sp³-hybridized carbons (Fsp3) is 0.107. The fourth-order valence-electron chi connectivity index (χ4n) is 4.15. The van der Waals surface area contributed by atoms with Gasteiger partial charge in [-0.05, 0) is 42.0 Å². The van der Waals surface area contributed by atoms with Crippen molar-refractivity contribution >= 4 is 28.3 Å². The lowest BCUT2D eigenvalue weighted by Crippen LogP contribution is -2.17. The molecular weight excluding hydrogens is 511 g/mol. The molecule has 0 bridgehead atoms. The van der Waals surface area contributed by atoms with Crippen molar-refractivity contribution in [3.8, 4) is 11.4 Å². The number of hydrogen-bond acceptors (Lipinski definition) is 5. The number of amides is 1. The summed E-state index contributed by atoms with van der Waals surface area (Å²) in [5.41, 5.74) is 0.852. The van der Waals surface area contributed by atoms with Crippen molar-refractivity contribution in [2.75, 3.05) is 17.2 Å². The second kappa shape index (κ2) is 10.5. The highest BCUT2D eigenvalue weighted by atomic mass is 19.4. The van der Waals surface area contributed by atoms with E-state index in [2.05, 4.69) is 25.6 Å². The molecule has 39 heavy (non-hydrogen) atoms. The van der Waals surface area contributed by atoms with Crippen molar-refractivity contribution in [3.05, 3.63) is 112 Å². The third-order valence-electron chi connectivity index (χ3n) is 6.09. The summed E-state index contributed by atoms with van der Waals surface area (Å²) in [5.74, 6) is -0.538. The number of hydrogen-bond donors (Lipinski definition) is 5. The standard InChI is InChI=1S/C28H22F3N5O3/c29-28(30,31)18-9-4-8-17(14-18)26(38)35-21-11-5-10-20-24(21)36-25(34-20)23-19(12-13-32-27(23)39)33-15-22(37)16-6-2-1-3-7-16/h1-14,22,37H,15H2,(H,34,36)(H,35,38)(H2,32,33,39). The van der Waals surface area contributed by atoms with E-state index in [9.17, 15) is 27.9 Å². The topological polar surface area (TPSA) is 123 Å². The van der Waals surface area contributed by atoms with Gasteiger partial charge in [-0.2, -0.15) is 13.2 Å². The number of anilines is 2. The number of aromatic nitrogens is 3. The molecule has 5 rings (SSSR count). The predicted octanol–water partition coefficient (Wildman–Crippen LogP) is 5.33. The highest BCUT2D eigenvalue weighted by Crippen LogP contribution is 2.31. The van der Waals surface area contributed by atoms with E-state index < -0.39 is 29.3 Å². The number of aliphatic hydroxyl groups excluding tert-OH is 1. The average molecular weight is 534 g/mol. The van der Waals surface area contributed by atoms with Gasteiger partial charge in [-0.25, -0.2) is 4.98 Å². The Balaban J connectivity index is 1.44. The number of alkyl halides is 3. The number of carbonyl (C=O) groups is 1.